The highest BCUT2D eigenvalue weighted by atomic mass is 16.7. The standard InChI is InChI=1S/C32H35NO7/c1-2-18-33-28(34)23-39-32-29(35)31(38-21-26-16-10-5-11-17-26)30(37-20-25-14-8-4-9-15-25)27(40-32)22-36-19-24-12-6-3-7-13-24/h1,3-17,27,29-32,35H,18-23H2,(H,33,34)/t27-,29-,30+,31-,32-/m1/s1. The number of hydrogen-bond acceptors (Lipinski definition) is 7. The molecule has 1 aliphatic rings. The van der Waals surface area contributed by atoms with E-state index in [1.54, 1.807) is 0 Å². The first kappa shape index (κ1) is 29.4. The zero-order chi connectivity index (χ0) is 28.0. The summed E-state index contributed by atoms with van der Waals surface area (Å²) < 4.78 is 30.5. The minimum atomic E-state index is -1.24. The molecule has 1 aliphatic heterocycles. The molecular formula is C32H35NO7. The second-order valence-electron chi connectivity index (χ2n) is 9.35. The average molecular weight is 546 g/mol. The van der Waals surface area contributed by atoms with Crippen LogP contribution in [0.25, 0.3) is 0 Å². The maximum Gasteiger partial charge on any atom is 0.246 e. The third-order valence-corrected chi connectivity index (χ3v) is 6.35. The second kappa shape index (κ2) is 15.9. The molecule has 0 saturated carbocycles. The molecule has 0 radical (unpaired) electrons. The quantitative estimate of drug-likeness (QED) is 0.301. The minimum Gasteiger partial charge on any atom is -0.385 e. The molecule has 1 fully saturated rings. The summed E-state index contributed by atoms with van der Waals surface area (Å²) in [4.78, 5) is 12.1. The van der Waals surface area contributed by atoms with Crippen LogP contribution >= 0.6 is 0 Å². The van der Waals surface area contributed by atoms with Crippen LogP contribution in [0.2, 0.25) is 0 Å². The Hall–Kier alpha value is -3.55. The maximum atomic E-state index is 12.1. The lowest BCUT2D eigenvalue weighted by Gasteiger charge is -2.44. The largest absolute Gasteiger partial charge is 0.385 e. The van der Waals surface area contributed by atoms with Gasteiger partial charge in [-0.3, -0.25) is 4.79 Å². The molecule has 3 aromatic rings. The van der Waals surface area contributed by atoms with E-state index in [0.29, 0.717) is 6.61 Å². The molecule has 1 heterocycles. The Bertz CT molecular complexity index is 1190. The third-order valence-electron chi connectivity index (χ3n) is 6.35. The summed E-state index contributed by atoms with van der Waals surface area (Å²) in [5, 5.41) is 13.9. The van der Waals surface area contributed by atoms with Crippen LogP contribution in [-0.2, 0) is 48.3 Å². The summed E-state index contributed by atoms with van der Waals surface area (Å²) in [6.45, 7) is 0.759. The minimum absolute atomic E-state index is 0.0738. The number of aliphatic hydroxyl groups excluding tert-OH is 1. The van der Waals surface area contributed by atoms with Gasteiger partial charge in [0, 0.05) is 0 Å². The molecule has 0 aromatic heterocycles. The molecule has 1 saturated heterocycles. The van der Waals surface area contributed by atoms with Gasteiger partial charge in [0.25, 0.3) is 0 Å². The van der Waals surface area contributed by atoms with E-state index >= 15 is 0 Å². The molecule has 3 aromatic carbocycles. The van der Waals surface area contributed by atoms with Crippen molar-refractivity contribution in [2.24, 2.45) is 0 Å². The van der Waals surface area contributed by atoms with Gasteiger partial charge in [-0.2, -0.15) is 0 Å². The Morgan fingerprint density at radius 1 is 0.800 bits per heavy atom. The molecule has 210 valence electrons. The van der Waals surface area contributed by atoms with Crippen molar-refractivity contribution in [2.75, 3.05) is 19.8 Å². The van der Waals surface area contributed by atoms with Crippen LogP contribution in [-0.4, -0.2) is 61.5 Å². The van der Waals surface area contributed by atoms with Crippen LogP contribution in [0.1, 0.15) is 16.7 Å². The third kappa shape index (κ3) is 9.00. The van der Waals surface area contributed by atoms with Gasteiger partial charge in [0.15, 0.2) is 6.29 Å². The van der Waals surface area contributed by atoms with Crippen LogP contribution < -0.4 is 5.32 Å². The van der Waals surface area contributed by atoms with E-state index in [1.807, 2.05) is 91.0 Å². The Kier molecular flexibility index (Phi) is 11.7. The molecule has 0 aliphatic carbocycles. The number of amides is 1. The van der Waals surface area contributed by atoms with Crippen molar-refractivity contribution in [3.8, 4) is 12.3 Å². The van der Waals surface area contributed by atoms with Crippen molar-refractivity contribution in [3.63, 3.8) is 0 Å². The van der Waals surface area contributed by atoms with Crippen LogP contribution in [0.4, 0.5) is 0 Å². The molecule has 1 amide bonds. The summed E-state index contributed by atoms with van der Waals surface area (Å²) in [5.41, 5.74) is 2.91. The van der Waals surface area contributed by atoms with Gasteiger partial charge in [-0.15, -0.1) is 6.42 Å². The van der Waals surface area contributed by atoms with E-state index in [-0.39, 0.29) is 33.0 Å². The van der Waals surface area contributed by atoms with Crippen molar-refractivity contribution in [3.05, 3.63) is 108 Å². The van der Waals surface area contributed by atoms with E-state index in [9.17, 15) is 9.90 Å². The lowest BCUT2D eigenvalue weighted by Crippen LogP contribution is -2.61. The predicted octanol–water partition coefficient (Wildman–Crippen LogP) is 3.23. The van der Waals surface area contributed by atoms with Crippen LogP contribution in [0.5, 0.6) is 0 Å². The molecule has 2 N–H and O–H groups in total. The molecule has 0 bridgehead atoms. The smallest absolute Gasteiger partial charge is 0.246 e. The van der Waals surface area contributed by atoms with Gasteiger partial charge in [0.05, 0.1) is 33.0 Å². The molecular weight excluding hydrogens is 510 g/mol. The zero-order valence-corrected chi connectivity index (χ0v) is 22.3. The monoisotopic (exact) mass is 545 g/mol. The number of nitrogens with one attached hydrogen (secondary N) is 1. The molecule has 0 unspecified atom stereocenters. The van der Waals surface area contributed by atoms with Crippen molar-refractivity contribution >= 4 is 5.91 Å². The first-order valence-electron chi connectivity index (χ1n) is 13.2. The number of rotatable bonds is 14. The number of ether oxygens (including phenoxy) is 5. The number of aliphatic hydroxyl groups is 1. The first-order chi connectivity index (χ1) is 19.6. The van der Waals surface area contributed by atoms with Gasteiger partial charge in [-0.25, -0.2) is 0 Å². The van der Waals surface area contributed by atoms with Crippen molar-refractivity contribution in [1.82, 2.24) is 5.32 Å². The average Bonchev–Trinajstić information content (AvgIpc) is 3.00. The van der Waals surface area contributed by atoms with Gasteiger partial charge in [0.2, 0.25) is 5.91 Å². The number of carbonyl (C=O) groups is 1. The summed E-state index contributed by atoms with van der Waals surface area (Å²) in [7, 11) is 0. The fourth-order valence-corrected chi connectivity index (χ4v) is 4.32. The summed E-state index contributed by atoms with van der Waals surface area (Å²) in [6.07, 6.45) is 0.643. The van der Waals surface area contributed by atoms with Gasteiger partial charge < -0.3 is 34.1 Å². The molecule has 0 spiro atoms. The molecule has 4 rings (SSSR count). The van der Waals surface area contributed by atoms with E-state index < -0.39 is 36.6 Å². The SMILES string of the molecule is C#CCNC(=O)CO[C@@H]1O[C@H](COCc2ccccc2)[C@H](OCc2ccccc2)[C@H](OCc2ccccc2)[C@H]1O. The summed E-state index contributed by atoms with van der Waals surface area (Å²) in [6, 6.07) is 29.1. The molecule has 8 nitrogen and oxygen atoms in total. The normalized spacial score (nSPS) is 22.4. The zero-order valence-electron chi connectivity index (χ0n) is 22.3. The summed E-state index contributed by atoms with van der Waals surface area (Å²) in [5.74, 6) is 1.92. The Labute approximate surface area is 235 Å². The van der Waals surface area contributed by atoms with Crippen molar-refractivity contribution in [1.29, 1.82) is 0 Å². The topological polar surface area (TPSA) is 95.5 Å². The Morgan fingerprint density at radius 3 is 1.88 bits per heavy atom. The number of hydrogen-bond donors (Lipinski definition) is 2. The first-order valence-corrected chi connectivity index (χ1v) is 13.2. The van der Waals surface area contributed by atoms with Crippen molar-refractivity contribution in [2.45, 2.75) is 50.5 Å². The lowest BCUT2D eigenvalue weighted by molar-refractivity contribution is -0.317. The number of terminal acetylenes is 1. The van der Waals surface area contributed by atoms with Gasteiger partial charge in [-0.05, 0) is 16.7 Å². The van der Waals surface area contributed by atoms with Gasteiger partial charge in [0.1, 0.15) is 31.0 Å². The fraction of sp³-hybridized carbons (Fsp3) is 0.344. The van der Waals surface area contributed by atoms with Crippen LogP contribution in [0.3, 0.4) is 0 Å². The second-order valence-corrected chi connectivity index (χ2v) is 9.35. The Balaban J connectivity index is 1.51. The highest BCUT2D eigenvalue weighted by Gasteiger charge is 2.47. The lowest BCUT2D eigenvalue weighted by atomic mass is 9.98. The number of carbonyl (C=O) groups excluding carboxylic acids is 1. The molecule has 5 atom stereocenters. The molecule has 8 heteroatoms. The van der Waals surface area contributed by atoms with E-state index in [2.05, 4.69) is 11.2 Å². The number of benzene rings is 3. The van der Waals surface area contributed by atoms with Crippen LogP contribution in [0, 0.1) is 12.3 Å². The highest BCUT2D eigenvalue weighted by molar-refractivity contribution is 5.77. The summed E-state index contributed by atoms with van der Waals surface area (Å²) >= 11 is 0. The van der Waals surface area contributed by atoms with Crippen molar-refractivity contribution < 1.29 is 33.6 Å². The Morgan fingerprint density at radius 2 is 1.32 bits per heavy atom. The molecule has 40 heavy (non-hydrogen) atoms. The van der Waals surface area contributed by atoms with Gasteiger partial charge >= 0.3 is 0 Å². The van der Waals surface area contributed by atoms with E-state index in [0.717, 1.165) is 16.7 Å². The highest BCUT2D eigenvalue weighted by Crippen LogP contribution is 2.29. The van der Waals surface area contributed by atoms with E-state index in [4.69, 9.17) is 30.1 Å². The maximum absolute atomic E-state index is 12.1. The van der Waals surface area contributed by atoms with Gasteiger partial charge in [-0.1, -0.05) is 96.9 Å². The van der Waals surface area contributed by atoms with Crippen LogP contribution in [0.15, 0.2) is 91.0 Å². The predicted molar refractivity (Wildman–Crippen MR) is 149 cm³/mol. The fourth-order valence-electron chi connectivity index (χ4n) is 4.32. The van der Waals surface area contributed by atoms with E-state index in [1.165, 1.54) is 0 Å².